The van der Waals surface area contributed by atoms with Crippen LogP contribution in [0.1, 0.15) is 12.0 Å². The number of rotatable bonds is 5. The number of fused-ring (bicyclic) bond motifs is 1. The summed E-state index contributed by atoms with van der Waals surface area (Å²) in [5, 5.41) is 13.1. The van der Waals surface area contributed by atoms with Crippen LogP contribution in [-0.4, -0.2) is 69.3 Å². The number of pyridine rings is 1. The van der Waals surface area contributed by atoms with Crippen molar-refractivity contribution < 1.29 is 14.3 Å². The minimum Gasteiger partial charge on any atom is -0.378 e. The van der Waals surface area contributed by atoms with Crippen LogP contribution in [0.25, 0.3) is 11.2 Å². The lowest BCUT2D eigenvalue weighted by Crippen LogP contribution is -2.48. The summed E-state index contributed by atoms with van der Waals surface area (Å²) in [4.78, 5) is 18.9. The third kappa shape index (κ3) is 4.07. The van der Waals surface area contributed by atoms with Gasteiger partial charge in [-0.25, -0.2) is 14.4 Å². The highest BCUT2D eigenvalue weighted by atomic mass is 35.5. The molecule has 3 aromatic rings. The maximum Gasteiger partial charge on any atom is 0.203 e. The summed E-state index contributed by atoms with van der Waals surface area (Å²) in [5.41, 5.74) is 4.15. The Hall–Kier alpha value is -2.79. The number of amidine groups is 1. The van der Waals surface area contributed by atoms with Crippen LogP contribution in [0, 0.1) is 5.82 Å². The molecule has 31 heavy (non-hydrogen) atoms. The molecule has 0 bridgehead atoms. The number of nitrogens with one attached hydrogen (secondary N) is 3. The molecule has 9 nitrogen and oxygen atoms in total. The molecule has 162 valence electrons. The van der Waals surface area contributed by atoms with Gasteiger partial charge in [-0.05, 0) is 30.7 Å². The summed E-state index contributed by atoms with van der Waals surface area (Å²) in [7, 11) is 0. The van der Waals surface area contributed by atoms with Gasteiger partial charge in [-0.3, -0.25) is 15.6 Å². The molecule has 11 heteroatoms. The predicted octanol–water partition coefficient (Wildman–Crippen LogP) is 2.69. The van der Waals surface area contributed by atoms with Crippen LogP contribution in [0.15, 0.2) is 35.5 Å². The van der Waals surface area contributed by atoms with Crippen molar-refractivity contribution in [3.63, 3.8) is 0 Å². The molecule has 2 saturated heterocycles. The maximum atomic E-state index is 13.4. The van der Waals surface area contributed by atoms with Gasteiger partial charge < -0.3 is 15.0 Å². The van der Waals surface area contributed by atoms with Gasteiger partial charge in [0.15, 0.2) is 11.5 Å². The third-order valence-corrected chi connectivity index (χ3v) is 5.88. The van der Waals surface area contributed by atoms with Crippen molar-refractivity contribution in [3.05, 3.63) is 46.9 Å². The van der Waals surface area contributed by atoms with Crippen LogP contribution in [0.2, 0.25) is 5.02 Å². The first-order chi connectivity index (χ1) is 15.1. The van der Waals surface area contributed by atoms with Gasteiger partial charge in [0, 0.05) is 30.9 Å². The molecule has 1 atom stereocenters. The molecule has 0 spiro atoms. The monoisotopic (exact) mass is 445 g/mol. The lowest BCUT2D eigenvalue weighted by atomic mass is 10.2. The highest BCUT2D eigenvalue weighted by Crippen LogP contribution is 2.25. The zero-order chi connectivity index (χ0) is 21.4. The average Bonchev–Trinajstić information content (AvgIpc) is 3.34. The summed E-state index contributed by atoms with van der Waals surface area (Å²) in [6, 6.07) is 6.56. The number of halogens is 2. The van der Waals surface area contributed by atoms with E-state index in [-0.39, 0.29) is 16.9 Å². The molecular weight excluding hydrogens is 425 g/mol. The van der Waals surface area contributed by atoms with E-state index >= 15 is 0 Å². The van der Waals surface area contributed by atoms with E-state index < -0.39 is 5.82 Å². The first-order valence-corrected chi connectivity index (χ1v) is 10.4. The number of hydrogen-bond donors (Lipinski definition) is 4. The Morgan fingerprint density at radius 3 is 2.97 bits per heavy atom. The first-order valence-electron chi connectivity index (χ1n) is 9.98. The van der Waals surface area contributed by atoms with Gasteiger partial charge in [0.1, 0.15) is 5.82 Å². The normalized spacial score (nSPS) is 20.2. The number of hydroxylamine groups is 1. The second-order valence-corrected chi connectivity index (χ2v) is 8.04. The molecule has 0 saturated carbocycles. The summed E-state index contributed by atoms with van der Waals surface area (Å²) < 4.78 is 18.7. The lowest BCUT2D eigenvalue weighted by molar-refractivity contribution is -0.0571. The van der Waals surface area contributed by atoms with Gasteiger partial charge in [0.05, 0.1) is 35.5 Å². The second kappa shape index (κ2) is 8.39. The highest BCUT2D eigenvalue weighted by Gasteiger charge is 2.32. The van der Waals surface area contributed by atoms with Gasteiger partial charge in [0.2, 0.25) is 5.95 Å². The lowest BCUT2D eigenvalue weighted by Gasteiger charge is -2.34. The standard InChI is InChI=1S/C20H21ClFN7O2/c21-15-7-11(1-2-16(15)22)24-18(28-30)14-3-5-23-19-17(14)26-20(27-19)25-12-4-6-29(8-12)13-9-31-10-13/h1-3,5,7,12-13,30H,4,6,8-10H2,(H,24,28)(H2,23,25,26,27)/t12-/m1/s1. The zero-order valence-corrected chi connectivity index (χ0v) is 17.2. The van der Waals surface area contributed by atoms with Crippen molar-refractivity contribution in [1.29, 1.82) is 0 Å². The van der Waals surface area contributed by atoms with E-state index in [1.807, 2.05) is 0 Å². The van der Waals surface area contributed by atoms with E-state index in [0.29, 0.717) is 34.4 Å². The number of aromatic amines is 1. The Balaban J connectivity index is 1.39. The number of imidazole rings is 1. The van der Waals surface area contributed by atoms with Crippen LogP contribution in [0.5, 0.6) is 0 Å². The number of benzene rings is 1. The second-order valence-electron chi connectivity index (χ2n) is 7.63. The highest BCUT2D eigenvalue weighted by molar-refractivity contribution is 6.31. The van der Waals surface area contributed by atoms with E-state index in [9.17, 15) is 9.60 Å². The Bertz CT molecular complexity index is 1130. The number of H-pyrrole nitrogens is 1. The van der Waals surface area contributed by atoms with Crippen LogP contribution in [0.3, 0.4) is 0 Å². The van der Waals surface area contributed by atoms with Crippen molar-refractivity contribution in [3.8, 4) is 0 Å². The fraction of sp³-hybridized carbons (Fsp3) is 0.350. The molecule has 4 N–H and O–H groups in total. The quantitative estimate of drug-likeness (QED) is 0.271. The number of ether oxygens (including phenoxy) is 1. The maximum absolute atomic E-state index is 13.4. The largest absolute Gasteiger partial charge is 0.378 e. The Kier molecular flexibility index (Phi) is 5.45. The zero-order valence-electron chi connectivity index (χ0n) is 16.5. The molecule has 0 unspecified atom stereocenters. The van der Waals surface area contributed by atoms with Gasteiger partial charge in [-0.2, -0.15) is 4.98 Å². The van der Waals surface area contributed by atoms with E-state index in [1.165, 1.54) is 18.2 Å². The smallest absolute Gasteiger partial charge is 0.203 e. The molecule has 0 aliphatic carbocycles. The van der Waals surface area contributed by atoms with E-state index in [2.05, 4.69) is 35.6 Å². The van der Waals surface area contributed by atoms with Crippen LogP contribution >= 0.6 is 11.6 Å². The fourth-order valence-corrected chi connectivity index (χ4v) is 4.04. The minimum absolute atomic E-state index is 0.0505. The molecule has 0 amide bonds. The van der Waals surface area contributed by atoms with Crippen LogP contribution in [-0.2, 0) is 4.74 Å². The van der Waals surface area contributed by atoms with Gasteiger partial charge in [-0.1, -0.05) is 11.6 Å². The molecule has 2 aromatic heterocycles. The Morgan fingerprint density at radius 1 is 1.35 bits per heavy atom. The van der Waals surface area contributed by atoms with Crippen molar-refractivity contribution in [2.24, 2.45) is 4.99 Å². The summed E-state index contributed by atoms with van der Waals surface area (Å²) in [6.07, 6.45) is 2.60. The molecule has 2 fully saturated rings. The Morgan fingerprint density at radius 2 is 2.23 bits per heavy atom. The fourth-order valence-electron chi connectivity index (χ4n) is 3.87. The van der Waals surface area contributed by atoms with Crippen molar-refractivity contribution >= 4 is 40.2 Å². The molecule has 2 aliphatic rings. The van der Waals surface area contributed by atoms with E-state index in [1.54, 1.807) is 12.3 Å². The average molecular weight is 446 g/mol. The molecule has 2 aliphatic heterocycles. The minimum atomic E-state index is -0.537. The van der Waals surface area contributed by atoms with Gasteiger partial charge in [-0.15, -0.1) is 0 Å². The number of anilines is 1. The first kappa shape index (κ1) is 20.1. The molecular formula is C20H21ClFN7O2. The number of hydrogen-bond acceptors (Lipinski definition) is 7. The summed E-state index contributed by atoms with van der Waals surface area (Å²) >= 11 is 5.84. The van der Waals surface area contributed by atoms with Crippen LogP contribution in [0.4, 0.5) is 16.0 Å². The molecule has 5 rings (SSSR count). The predicted molar refractivity (Wildman–Crippen MR) is 115 cm³/mol. The van der Waals surface area contributed by atoms with Crippen molar-refractivity contribution in [2.75, 3.05) is 31.6 Å². The Labute approximate surface area is 182 Å². The van der Waals surface area contributed by atoms with Crippen LogP contribution < -0.4 is 10.8 Å². The molecule has 1 aromatic carbocycles. The number of nitrogens with zero attached hydrogens (tertiary/aromatic N) is 4. The van der Waals surface area contributed by atoms with Gasteiger partial charge >= 0.3 is 0 Å². The van der Waals surface area contributed by atoms with Crippen molar-refractivity contribution in [1.82, 2.24) is 25.3 Å². The van der Waals surface area contributed by atoms with E-state index in [4.69, 9.17) is 16.3 Å². The van der Waals surface area contributed by atoms with Crippen molar-refractivity contribution in [2.45, 2.75) is 18.5 Å². The SMILES string of the molecule is ONC(=Nc1ccc(F)c(Cl)c1)c1ccnc2nc(N[C@@H]3CCN(C4COC4)C3)[nH]c12. The number of aliphatic imine (C=N–C) groups is 1. The number of likely N-dealkylation sites (tertiary alicyclic amines) is 1. The van der Waals surface area contributed by atoms with Gasteiger partial charge in [0.25, 0.3) is 0 Å². The molecule has 4 heterocycles. The molecule has 0 radical (unpaired) electrons. The summed E-state index contributed by atoms with van der Waals surface area (Å²) in [6.45, 7) is 3.57. The topological polar surface area (TPSA) is 111 Å². The van der Waals surface area contributed by atoms with E-state index in [0.717, 1.165) is 32.7 Å². The number of aromatic nitrogens is 3. The third-order valence-electron chi connectivity index (χ3n) is 5.59. The summed E-state index contributed by atoms with van der Waals surface area (Å²) in [5.74, 6) is 0.223.